The minimum absolute atomic E-state index is 0.0534. The Morgan fingerprint density at radius 3 is 2.32 bits per heavy atom. The predicted molar refractivity (Wildman–Crippen MR) is 85.2 cm³/mol. The van der Waals surface area contributed by atoms with Crippen molar-refractivity contribution >= 4 is 21.6 Å². The molecule has 0 unspecified atom stereocenters. The van der Waals surface area contributed by atoms with Crippen molar-refractivity contribution in [3.05, 3.63) is 65.2 Å². The molecule has 1 saturated heterocycles. The molecule has 0 aromatic heterocycles. The highest BCUT2D eigenvalue weighted by atomic mass is 35.5. The van der Waals surface area contributed by atoms with Crippen LogP contribution in [0.5, 0.6) is 0 Å². The summed E-state index contributed by atoms with van der Waals surface area (Å²) in [7, 11) is -3.44. The van der Waals surface area contributed by atoms with Crippen molar-refractivity contribution < 1.29 is 13.2 Å². The lowest BCUT2D eigenvalue weighted by Gasteiger charge is -2.37. The molecule has 0 saturated carbocycles. The lowest BCUT2D eigenvalue weighted by molar-refractivity contribution is -0.0295. The van der Waals surface area contributed by atoms with E-state index in [0.717, 1.165) is 5.56 Å². The van der Waals surface area contributed by atoms with Gasteiger partial charge in [-0.3, -0.25) is 0 Å². The maximum Gasteiger partial charge on any atom is 0.243 e. The summed E-state index contributed by atoms with van der Waals surface area (Å²) < 4.78 is 31.9. The van der Waals surface area contributed by atoms with Gasteiger partial charge in [0.15, 0.2) is 0 Å². The number of sulfonamides is 1. The molecule has 2 aromatic carbocycles. The summed E-state index contributed by atoms with van der Waals surface area (Å²) in [5, 5.41) is 0.520. The Morgan fingerprint density at radius 1 is 1.05 bits per heavy atom. The van der Waals surface area contributed by atoms with Gasteiger partial charge in [-0.2, -0.15) is 4.31 Å². The molecule has 0 N–H and O–H groups in total. The second kappa shape index (κ2) is 6.38. The Hall–Kier alpha value is -1.40. The maximum absolute atomic E-state index is 12.4. The fraction of sp³-hybridized carbons (Fsp3) is 0.250. The molecule has 4 nitrogen and oxygen atoms in total. The topological polar surface area (TPSA) is 46.6 Å². The van der Waals surface area contributed by atoms with Crippen LogP contribution in [0, 0.1) is 0 Å². The number of halogens is 1. The molecule has 0 radical (unpaired) electrons. The molecule has 1 heterocycles. The van der Waals surface area contributed by atoms with E-state index in [9.17, 15) is 8.42 Å². The van der Waals surface area contributed by atoms with Gasteiger partial charge < -0.3 is 4.74 Å². The maximum atomic E-state index is 12.4. The zero-order valence-electron chi connectivity index (χ0n) is 11.9. The Bertz CT molecular complexity index is 726. The molecule has 1 aliphatic rings. The first-order valence-corrected chi connectivity index (χ1v) is 8.79. The van der Waals surface area contributed by atoms with Crippen molar-refractivity contribution in [2.24, 2.45) is 0 Å². The second-order valence-electron chi connectivity index (χ2n) is 5.19. The van der Waals surface area contributed by atoms with Crippen molar-refractivity contribution in [1.29, 1.82) is 0 Å². The summed E-state index contributed by atoms with van der Waals surface area (Å²) in [6.45, 7) is 1.27. The Morgan fingerprint density at radius 2 is 1.68 bits per heavy atom. The summed E-state index contributed by atoms with van der Waals surface area (Å²) in [5.41, 5.74) is 1.08. The fourth-order valence-corrected chi connectivity index (χ4v) is 3.88. The molecule has 0 atom stereocenters. The van der Waals surface area contributed by atoms with Gasteiger partial charge in [-0.1, -0.05) is 41.9 Å². The minimum Gasteiger partial charge on any atom is -0.371 e. The molecular weight excluding hydrogens is 322 g/mol. The van der Waals surface area contributed by atoms with Gasteiger partial charge in [0.05, 0.1) is 17.6 Å². The highest BCUT2D eigenvalue weighted by Crippen LogP contribution is 2.24. The number of benzene rings is 2. The van der Waals surface area contributed by atoms with Gasteiger partial charge in [-0.25, -0.2) is 8.42 Å². The summed E-state index contributed by atoms with van der Waals surface area (Å²) in [4.78, 5) is 0.262. The van der Waals surface area contributed by atoms with E-state index in [4.69, 9.17) is 16.3 Å². The summed E-state index contributed by atoms with van der Waals surface area (Å²) in [6.07, 6.45) is -0.0534. The van der Waals surface area contributed by atoms with Crippen LogP contribution in [-0.4, -0.2) is 31.9 Å². The van der Waals surface area contributed by atoms with Crippen LogP contribution in [0.3, 0.4) is 0 Å². The summed E-state index contributed by atoms with van der Waals surface area (Å²) in [6, 6.07) is 16.0. The molecule has 116 valence electrons. The largest absolute Gasteiger partial charge is 0.371 e. The molecule has 6 heteroatoms. The molecule has 0 bridgehead atoms. The second-order valence-corrected chi connectivity index (χ2v) is 7.57. The van der Waals surface area contributed by atoms with Crippen LogP contribution in [-0.2, 0) is 21.4 Å². The Labute approximate surface area is 135 Å². The van der Waals surface area contributed by atoms with Gasteiger partial charge in [0.25, 0.3) is 0 Å². The van der Waals surface area contributed by atoms with Crippen LogP contribution in [0.2, 0.25) is 5.02 Å². The average Bonchev–Trinajstić information content (AvgIpc) is 2.47. The number of rotatable bonds is 5. The number of ether oxygens (including phenoxy) is 1. The molecule has 22 heavy (non-hydrogen) atoms. The van der Waals surface area contributed by atoms with Gasteiger partial charge in [0.2, 0.25) is 10.0 Å². The number of hydrogen-bond donors (Lipinski definition) is 0. The predicted octanol–water partition coefficient (Wildman–Crippen LogP) is 2.93. The molecule has 3 rings (SSSR count). The van der Waals surface area contributed by atoms with Crippen LogP contribution in [0.25, 0.3) is 0 Å². The van der Waals surface area contributed by atoms with Gasteiger partial charge >= 0.3 is 0 Å². The number of hydrogen-bond acceptors (Lipinski definition) is 3. The van der Waals surface area contributed by atoms with E-state index >= 15 is 0 Å². The van der Waals surface area contributed by atoms with E-state index in [-0.39, 0.29) is 11.0 Å². The molecule has 1 fully saturated rings. The number of nitrogens with zero attached hydrogens (tertiary/aromatic N) is 1. The standard InChI is InChI=1S/C16H16ClNO3S/c17-14-6-8-16(9-7-14)22(19,20)18-10-15(11-18)21-12-13-4-2-1-3-5-13/h1-9,15H,10-12H2. The molecular formula is C16H16ClNO3S. The van der Waals surface area contributed by atoms with E-state index in [2.05, 4.69) is 0 Å². The molecule has 2 aromatic rings. The normalized spacial score (nSPS) is 16.4. The third-order valence-electron chi connectivity index (χ3n) is 3.59. The van der Waals surface area contributed by atoms with E-state index in [1.54, 1.807) is 12.1 Å². The van der Waals surface area contributed by atoms with Crippen LogP contribution in [0.4, 0.5) is 0 Å². The van der Waals surface area contributed by atoms with Crippen LogP contribution in [0.1, 0.15) is 5.56 Å². The van der Waals surface area contributed by atoms with E-state index in [1.807, 2.05) is 30.3 Å². The van der Waals surface area contributed by atoms with Crippen molar-refractivity contribution in [3.8, 4) is 0 Å². The van der Waals surface area contributed by atoms with Gasteiger partial charge in [-0.15, -0.1) is 0 Å². The SMILES string of the molecule is O=S(=O)(c1ccc(Cl)cc1)N1CC(OCc2ccccc2)C1. The first-order valence-electron chi connectivity index (χ1n) is 6.97. The quantitative estimate of drug-likeness (QED) is 0.842. The van der Waals surface area contributed by atoms with Crippen molar-refractivity contribution in [2.45, 2.75) is 17.6 Å². The summed E-state index contributed by atoms with van der Waals surface area (Å²) >= 11 is 5.78. The lowest BCUT2D eigenvalue weighted by Crippen LogP contribution is -2.54. The monoisotopic (exact) mass is 337 g/mol. The smallest absolute Gasteiger partial charge is 0.243 e. The molecule has 1 aliphatic heterocycles. The molecule has 0 spiro atoms. The highest BCUT2D eigenvalue weighted by molar-refractivity contribution is 7.89. The molecule has 0 aliphatic carbocycles. The third kappa shape index (κ3) is 3.33. The first kappa shape index (κ1) is 15.5. The van der Waals surface area contributed by atoms with Gasteiger partial charge in [0, 0.05) is 18.1 Å². The third-order valence-corrected chi connectivity index (χ3v) is 5.69. The highest BCUT2D eigenvalue weighted by Gasteiger charge is 2.37. The van der Waals surface area contributed by atoms with Crippen LogP contribution < -0.4 is 0 Å². The van der Waals surface area contributed by atoms with Crippen LogP contribution in [0.15, 0.2) is 59.5 Å². The minimum atomic E-state index is -3.44. The fourth-order valence-electron chi connectivity index (χ4n) is 2.25. The lowest BCUT2D eigenvalue weighted by atomic mass is 10.2. The average molecular weight is 338 g/mol. The van der Waals surface area contributed by atoms with E-state index in [0.29, 0.717) is 24.7 Å². The van der Waals surface area contributed by atoms with E-state index in [1.165, 1.54) is 16.4 Å². The Kier molecular flexibility index (Phi) is 4.49. The Balaban J connectivity index is 1.55. The van der Waals surface area contributed by atoms with Crippen LogP contribution >= 0.6 is 11.6 Å². The first-order chi connectivity index (χ1) is 10.6. The van der Waals surface area contributed by atoms with Gasteiger partial charge in [0.1, 0.15) is 0 Å². The van der Waals surface area contributed by atoms with E-state index < -0.39 is 10.0 Å². The van der Waals surface area contributed by atoms with Crippen molar-refractivity contribution in [2.75, 3.05) is 13.1 Å². The zero-order chi connectivity index (χ0) is 15.6. The molecule has 0 amide bonds. The van der Waals surface area contributed by atoms with Crippen molar-refractivity contribution in [3.63, 3.8) is 0 Å². The summed E-state index contributed by atoms with van der Waals surface area (Å²) in [5.74, 6) is 0. The van der Waals surface area contributed by atoms with Crippen molar-refractivity contribution in [1.82, 2.24) is 4.31 Å². The van der Waals surface area contributed by atoms with Gasteiger partial charge in [-0.05, 0) is 29.8 Å². The zero-order valence-corrected chi connectivity index (χ0v) is 13.4.